The largest absolute Gasteiger partial charge is 0.493 e. The number of ether oxygens (including phenoxy) is 2. The van der Waals surface area contributed by atoms with Gasteiger partial charge in [-0.1, -0.05) is 35.9 Å². The second-order valence-corrected chi connectivity index (χ2v) is 5.96. The summed E-state index contributed by atoms with van der Waals surface area (Å²) in [5.74, 6) is 0.837. The van der Waals surface area contributed by atoms with Crippen molar-refractivity contribution < 1.29 is 18.3 Å². The van der Waals surface area contributed by atoms with E-state index in [1.165, 1.54) is 13.2 Å². The summed E-state index contributed by atoms with van der Waals surface area (Å²) in [4.78, 5) is 4.15. The second kappa shape index (κ2) is 12.6. The van der Waals surface area contributed by atoms with Crippen molar-refractivity contribution in [2.24, 2.45) is 4.99 Å². The number of rotatable bonds is 8. The first-order valence-corrected chi connectivity index (χ1v) is 8.71. The third-order valence-electron chi connectivity index (χ3n) is 3.77. The summed E-state index contributed by atoms with van der Waals surface area (Å²) in [5.41, 5.74) is 1.80. The molecule has 0 bridgehead atoms. The molecule has 0 saturated heterocycles. The zero-order valence-corrected chi connectivity index (χ0v) is 18.6. The summed E-state index contributed by atoms with van der Waals surface area (Å²) in [5, 5.41) is 7.04. The molecule has 2 rings (SSSR count). The Morgan fingerprint density at radius 2 is 1.89 bits per heavy atom. The average Bonchev–Trinajstić information content (AvgIpc) is 2.65. The molecule has 0 saturated carbocycles. The van der Waals surface area contributed by atoms with Gasteiger partial charge >= 0.3 is 6.61 Å². The molecule has 154 valence electrons. The summed E-state index contributed by atoms with van der Waals surface area (Å²) < 4.78 is 34.5. The van der Waals surface area contributed by atoms with E-state index in [2.05, 4.69) is 20.4 Å². The molecule has 0 aliphatic rings. The summed E-state index contributed by atoms with van der Waals surface area (Å²) in [6, 6.07) is 12.5. The van der Waals surface area contributed by atoms with Gasteiger partial charge in [-0.2, -0.15) is 8.78 Å². The Bertz CT molecular complexity index is 779. The Kier molecular flexibility index (Phi) is 10.9. The molecule has 5 nitrogen and oxygen atoms in total. The molecule has 2 aromatic rings. The van der Waals surface area contributed by atoms with Crippen molar-refractivity contribution in [3.63, 3.8) is 0 Å². The number of nitrogens with zero attached hydrogens (tertiary/aromatic N) is 1. The van der Waals surface area contributed by atoms with Crippen LogP contribution in [0.25, 0.3) is 0 Å². The number of benzene rings is 2. The van der Waals surface area contributed by atoms with Gasteiger partial charge < -0.3 is 20.1 Å². The molecule has 0 radical (unpaired) electrons. The van der Waals surface area contributed by atoms with Crippen LogP contribution in [0.5, 0.6) is 11.5 Å². The Morgan fingerprint density at radius 1 is 1.14 bits per heavy atom. The molecule has 0 amide bonds. The minimum Gasteiger partial charge on any atom is -0.493 e. The van der Waals surface area contributed by atoms with Crippen LogP contribution >= 0.6 is 35.6 Å². The standard InChI is InChI=1S/C19H22ClF2N3O2.HI/c1-23-19(24-10-9-14-5-3-4-6-15(14)20)25-12-13-7-8-16(26-2)17(11-13)27-18(21)22;/h3-8,11,18H,9-10,12H2,1-2H3,(H2,23,24,25);1H. The molecule has 0 atom stereocenters. The van der Waals surface area contributed by atoms with Crippen LogP contribution in [0.3, 0.4) is 0 Å². The van der Waals surface area contributed by atoms with E-state index in [0.29, 0.717) is 19.0 Å². The van der Waals surface area contributed by atoms with Gasteiger partial charge in [-0.3, -0.25) is 4.99 Å². The van der Waals surface area contributed by atoms with E-state index in [1.54, 1.807) is 19.2 Å². The Balaban J connectivity index is 0.00000392. The lowest BCUT2D eigenvalue weighted by Gasteiger charge is -2.14. The fourth-order valence-corrected chi connectivity index (χ4v) is 2.67. The van der Waals surface area contributed by atoms with Crippen molar-refractivity contribution in [2.75, 3.05) is 20.7 Å². The summed E-state index contributed by atoms with van der Waals surface area (Å²) in [6.07, 6.45) is 0.745. The molecule has 0 heterocycles. The van der Waals surface area contributed by atoms with Gasteiger partial charge in [0.25, 0.3) is 0 Å². The molecule has 0 aliphatic carbocycles. The smallest absolute Gasteiger partial charge is 0.387 e. The third-order valence-corrected chi connectivity index (χ3v) is 4.14. The number of alkyl halides is 2. The molecule has 2 N–H and O–H groups in total. The molecule has 9 heteroatoms. The summed E-state index contributed by atoms with van der Waals surface area (Å²) >= 11 is 6.14. The van der Waals surface area contributed by atoms with Crippen LogP contribution in [0.2, 0.25) is 5.02 Å². The highest BCUT2D eigenvalue weighted by Crippen LogP contribution is 2.29. The zero-order chi connectivity index (χ0) is 19.6. The normalized spacial score (nSPS) is 11.0. The van der Waals surface area contributed by atoms with Crippen LogP contribution in [-0.4, -0.2) is 33.3 Å². The Morgan fingerprint density at radius 3 is 2.54 bits per heavy atom. The lowest BCUT2D eigenvalue weighted by atomic mass is 10.1. The van der Waals surface area contributed by atoms with Crippen molar-refractivity contribution in [2.45, 2.75) is 19.6 Å². The molecule has 28 heavy (non-hydrogen) atoms. The van der Waals surface area contributed by atoms with Gasteiger partial charge in [0.2, 0.25) is 0 Å². The van der Waals surface area contributed by atoms with Gasteiger partial charge in [-0.25, -0.2) is 0 Å². The first-order chi connectivity index (χ1) is 13.0. The summed E-state index contributed by atoms with van der Waals surface area (Å²) in [6.45, 7) is -1.89. The number of hydrogen-bond donors (Lipinski definition) is 2. The Hall–Kier alpha value is -1.81. The topological polar surface area (TPSA) is 54.9 Å². The van der Waals surface area contributed by atoms with E-state index >= 15 is 0 Å². The zero-order valence-electron chi connectivity index (χ0n) is 15.5. The van der Waals surface area contributed by atoms with Crippen LogP contribution in [0.15, 0.2) is 47.5 Å². The van der Waals surface area contributed by atoms with Crippen LogP contribution in [0.1, 0.15) is 11.1 Å². The third kappa shape index (κ3) is 7.67. The van der Waals surface area contributed by atoms with Gasteiger partial charge in [-0.05, 0) is 35.7 Å². The van der Waals surface area contributed by atoms with Gasteiger partial charge in [-0.15, -0.1) is 24.0 Å². The van der Waals surface area contributed by atoms with E-state index in [1.807, 2.05) is 24.3 Å². The van der Waals surface area contributed by atoms with Gasteiger partial charge in [0.15, 0.2) is 17.5 Å². The highest BCUT2D eigenvalue weighted by molar-refractivity contribution is 14.0. The highest BCUT2D eigenvalue weighted by atomic mass is 127. The fourth-order valence-electron chi connectivity index (χ4n) is 2.44. The van der Waals surface area contributed by atoms with Gasteiger partial charge in [0.1, 0.15) is 0 Å². The van der Waals surface area contributed by atoms with Crippen molar-refractivity contribution in [1.29, 1.82) is 0 Å². The monoisotopic (exact) mass is 525 g/mol. The fraction of sp³-hybridized carbons (Fsp3) is 0.316. The lowest BCUT2D eigenvalue weighted by Crippen LogP contribution is -2.37. The maximum absolute atomic E-state index is 12.5. The number of aliphatic imine (C=N–C) groups is 1. The predicted molar refractivity (Wildman–Crippen MR) is 118 cm³/mol. The van der Waals surface area contributed by atoms with Crippen molar-refractivity contribution in [3.8, 4) is 11.5 Å². The maximum atomic E-state index is 12.5. The van der Waals surface area contributed by atoms with E-state index in [9.17, 15) is 8.78 Å². The predicted octanol–water partition coefficient (Wildman–Crippen LogP) is 4.48. The SMILES string of the molecule is CN=C(NCCc1ccccc1Cl)NCc1ccc(OC)c(OC(F)F)c1.I. The van der Waals surface area contributed by atoms with Crippen LogP contribution in [-0.2, 0) is 13.0 Å². The molecular weight excluding hydrogens is 503 g/mol. The van der Waals surface area contributed by atoms with Crippen LogP contribution in [0, 0.1) is 0 Å². The molecule has 0 aliphatic heterocycles. The number of hydrogen-bond acceptors (Lipinski definition) is 3. The molecule has 0 aromatic heterocycles. The number of halogens is 4. The summed E-state index contributed by atoms with van der Waals surface area (Å²) in [7, 11) is 3.06. The molecule has 0 spiro atoms. The number of nitrogens with one attached hydrogen (secondary N) is 2. The minimum absolute atomic E-state index is 0. The second-order valence-electron chi connectivity index (χ2n) is 5.56. The molecule has 0 unspecified atom stereocenters. The highest BCUT2D eigenvalue weighted by Gasteiger charge is 2.11. The van der Waals surface area contributed by atoms with Crippen molar-refractivity contribution in [3.05, 3.63) is 58.6 Å². The van der Waals surface area contributed by atoms with Crippen molar-refractivity contribution >= 4 is 41.5 Å². The minimum atomic E-state index is -2.92. The van der Waals surface area contributed by atoms with E-state index < -0.39 is 6.61 Å². The molecular formula is C19H23ClF2IN3O2. The quantitative estimate of drug-likeness (QED) is 0.303. The molecule has 0 fully saturated rings. The van der Waals surface area contributed by atoms with E-state index in [4.69, 9.17) is 16.3 Å². The number of guanidine groups is 1. The first kappa shape index (κ1) is 24.2. The number of methoxy groups -OCH3 is 1. The van der Waals surface area contributed by atoms with Crippen LogP contribution in [0.4, 0.5) is 8.78 Å². The van der Waals surface area contributed by atoms with Crippen molar-refractivity contribution in [1.82, 2.24) is 10.6 Å². The average molecular weight is 526 g/mol. The van der Waals surface area contributed by atoms with Gasteiger partial charge in [0.05, 0.1) is 7.11 Å². The maximum Gasteiger partial charge on any atom is 0.387 e. The van der Waals surface area contributed by atoms with Gasteiger partial charge in [0, 0.05) is 25.2 Å². The van der Waals surface area contributed by atoms with Crippen LogP contribution < -0.4 is 20.1 Å². The van der Waals surface area contributed by atoms with E-state index in [0.717, 1.165) is 22.6 Å². The Labute approximate surface area is 185 Å². The van der Waals surface area contributed by atoms with E-state index in [-0.39, 0.29) is 35.5 Å². The lowest BCUT2D eigenvalue weighted by molar-refractivity contribution is -0.0512. The first-order valence-electron chi connectivity index (χ1n) is 8.33. The molecule has 2 aromatic carbocycles.